The van der Waals surface area contributed by atoms with Gasteiger partial charge in [-0.15, -0.1) is 0 Å². The quantitative estimate of drug-likeness (QED) is 0.737. The monoisotopic (exact) mass is 370 g/mol. The van der Waals surface area contributed by atoms with Crippen molar-refractivity contribution in [1.82, 2.24) is 0 Å². The lowest BCUT2D eigenvalue weighted by atomic mass is 9.66. The highest BCUT2D eigenvalue weighted by atomic mass is 32.2. The molecule has 2 aliphatic carbocycles. The summed E-state index contributed by atoms with van der Waals surface area (Å²) in [5.41, 5.74) is 5.96. The topological polar surface area (TPSA) is 34.1 Å². The molecule has 136 valence electrons. The van der Waals surface area contributed by atoms with Crippen LogP contribution in [0.5, 0.6) is 0 Å². The van der Waals surface area contributed by atoms with Crippen LogP contribution < -0.4 is 0 Å². The average molecular weight is 370 g/mol. The molecule has 0 N–H and O–H groups in total. The van der Waals surface area contributed by atoms with Crippen LogP contribution in [0, 0.1) is 11.2 Å². The minimum atomic E-state index is -3.06. The van der Waals surface area contributed by atoms with Crippen molar-refractivity contribution >= 4 is 21.0 Å². The molecular weight excluding hydrogens is 347 g/mol. The molecule has 0 bridgehead atoms. The first kappa shape index (κ1) is 17.5. The highest BCUT2D eigenvalue weighted by Crippen LogP contribution is 2.59. The molecule has 4 rings (SSSR count). The molecule has 2 nitrogen and oxygen atoms in total. The normalized spacial score (nSPS) is 19.0. The van der Waals surface area contributed by atoms with Crippen LogP contribution in [0.25, 0.3) is 11.1 Å². The molecule has 26 heavy (non-hydrogen) atoms. The van der Waals surface area contributed by atoms with E-state index < -0.39 is 9.84 Å². The molecule has 0 aliphatic heterocycles. The van der Waals surface area contributed by atoms with Crippen LogP contribution in [0.3, 0.4) is 0 Å². The van der Waals surface area contributed by atoms with Gasteiger partial charge in [0.2, 0.25) is 0 Å². The van der Waals surface area contributed by atoms with E-state index in [1.54, 1.807) is 0 Å². The van der Waals surface area contributed by atoms with Crippen molar-refractivity contribution < 1.29 is 12.8 Å². The van der Waals surface area contributed by atoms with E-state index in [9.17, 15) is 12.8 Å². The second-order valence-electron chi connectivity index (χ2n) is 7.94. The fourth-order valence-electron chi connectivity index (χ4n) is 4.41. The second kappa shape index (κ2) is 6.34. The molecule has 2 aromatic carbocycles. The van der Waals surface area contributed by atoms with Gasteiger partial charge in [-0.3, -0.25) is 0 Å². The third-order valence-electron chi connectivity index (χ3n) is 5.78. The highest BCUT2D eigenvalue weighted by Gasteiger charge is 2.43. The van der Waals surface area contributed by atoms with Crippen LogP contribution in [0.2, 0.25) is 0 Å². The number of hydrogen-bond donors (Lipinski definition) is 0. The van der Waals surface area contributed by atoms with Crippen molar-refractivity contribution in [2.45, 2.75) is 37.9 Å². The van der Waals surface area contributed by atoms with E-state index in [1.807, 2.05) is 30.3 Å². The van der Waals surface area contributed by atoms with E-state index >= 15 is 0 Å². The summed E-state index contributed by atoms with van der Waals surface area (Å²) in [6, 6.07) is 14.7. The molecule has 0 radical (unpaired) electrons. The standard InChI is InChI=1S/C22H23FO2S/c1-26(24,25)15-16-4-2-5-18(12-16)21-14-22(10-3-11-22)13-20(21)17-6-8-19(23)9-7-17/h2,4-9,12H,3,10-11,13-15H2,1H3. The number of allylic oxidation sites excluding steroid dienone is 2. The zero-order chi connectivity index (χ0) is 18.4. The predicted molar refractivity (Wildman–Crippen MR) is 104 cm³/mol. The number of rotatable bonds is 4. The van der Waals surface area contributed by atoms with Gasteiger partial charge in [-0.1, -0.05) is 42.8 Å². The molecule has 0 aromatic heterocycles. The smallest absolute Gasteiger partial charge is 0.151 e. The summed E-state index contributed by atoms with van der Waals surface area (Å²) in [7, 11) is -3.06. The van der Waals surface area contributed by atoms with Gasteiger partial charge in [0.1, 0.15) is 5.82 Å². The molecule has 0 atom stereocenters. The first-order chi connectivity index (χ1) is 12.3. The van der Waals surface area contributed by atoms with Gasteiger partial charge in [-0.2, -0.15) is 0 Å². The minimum Gasteiger partial charge on any atom is -0.229 e. The maximum absolute atomic E-state index is 13.4. The fraction of sp³-hybridized carbons (Fsp3) is 0.364. The van der Waals surface area contributed by atoms with Gasteiger partial charge in [0.15, 0.2) is 9.84 Å². The molecular formula is C22H23FO2S. The van der Waals surface area contributed by atoms with Crippen LogP contribution in [0.15, 0.2) is 48.5 Å². The van der Waals surface area contributed by atoms with Gasteiger partial charge >= 0.3 is 0 Å². The maximum Gasteiger partial charge on any atom is 0.151 e. The van der Waals surface area contributed by atoms with Crippen molar-refractivity contribution in [1.29, 1.82) is 0 Å². The van der Waals surface area contributed by atoms with Crippen molar-refractivity contribution in [3.8, 4) is 0 Å². The van der Waals surface area contributed by atoms with Crippen molar-refractivity contribution in [3.05, 3.63) is 71.0 Å². The van der Waals surface area contributed by atoms with Crippen LogP contribution in [0.4, 0.5) is 4.39 Å². The highest BCUT2D eigenvalue weighted by molar-refractivity contribution is 7.89. The molecule has 1 spiro atoms. The number of benzene rings is 2. The van der Waals surface area contributed by atoms with Crippen LogP contribution >= 0.6 is 0 Å². The summed E-state index contributed by atoms with van der Waals surface area (Å²) in [5.74, 6) is -0.159. The van der Waals surface area contributed by atoms with E-state index in [0.717, 1.165) is 29.5 Å². The molecule has 1 saturated carbocycles. The Bertz CT molecular complexity index is 967. The second-order valence-corrected chi connectivity index (χ2v) is 10.1. The molecule has 2 aliphatic rings. The zero-order valence-electron chi connectivity index (χ0n) is 15.0. The molecule has 0 unspecified atom stereocenters. The molecule has 0 amide bonds. The Morgan fingerprint density at radius 3 is 2.19 bits per heavy atom. The third-order valence-corrected chi connectivity index (χ3v) is 6.64. The molecule has 0 heterocycles. The van der Waals surface area contributed by atoms with Gasteiger partial charge in [-0.05, 0) is 71.1 Å². The number of hydrogen-bond acceptors (Lipinski definition) is 2. The van der Waals surface area contributed by atoms with E-state index in [0.29, 0.717) is 5.41 Å². The minimum absolute atomic E-state index is 0.0607. The summed E-state index contributed by atoms with van der Waals surface area (Å²) < 4.78 is 36.7. The number of sulfone groups is 1. The van der Waals surface area contributed by atoms with Crippen LogP contribution in [-0.2, 0) is 15.6 Å². The fourth-order valence-corrected chi connectivity index (χ4v) is 5.20. The molecule has 0 saturated heterocycles. The van der Waals surface area contributed by atoms with Crippen molar-refractivity contribution in [2.75, 3.05) is 6.26 Å². The predicted octanol–water partition coefficient (Wildman–Crippen LogP) is 5.25. The van der Waals surface area contributed by atoms with Crippen molar-refractivity contribution in [2.24, 2.45) is 5.41 Å². The molecule has 2 aromatic rings. The van der Waals surface area contributed by atoms with Gasteiger partial charge in [-0.25, -0.2) is 12.8 Å². The molecule has 4 heteroatoms. The Morgan fingerprint density at radius 2 is 1.62 bits per heavy atom. The van der Waals surface area contributed by atoms with Crippen molar-refractivity contribution in [3.63, 3.8) is 0 Å². The summed E-state index contributed by atoms with van der Waals surface area (Å²) in [6.07, 6.45) is 7.08. The largest absolute Gasteiger partial charge is 0.229 e. The summed E-state index contributed by atoms with van der Waals surface area (Å²) >= 11 is 0. The SMILES string of the molecule is CS(=O)(=O)Cc1cccc(C2=C(c3ccc(F)cc3)CC3(CCC3)C2)c1. The third kappa shape index (κ3) is 3.48. The van der Waals surface area contributed by atoms with E-state index in [1.165, 1.54) is 48.8 Å². The lowest BCUT2D eigenvalue weighted by molar-refractivity contribution is 0.157. The van der Waals surface area contributed by atoms with E-state index in [2.05, 4.69) is 6.07 Å². The molecule has 1 fully saturated rings. The first-order valence-corrected chi connectivity index (χ1v) is 11.1. The Labute approximate surface area is 154 Å². The van der Waals surface area contributed by atoms with Gasteiger partial charge in [0, 0.05) is 6.26 Å². The lowest BCUT2D eigenvalue weighted by Gasteiger charge is -2.39. The Kier molecular flexibility index (Phi) is 4.26. The summed E-state index contributed by atoms with van der Waals surface area (Å²) in [4.78, 5) is 0. The van der Waals surface area contributed by atoms with Gasteiger partial charge < -0.3 is 0 Å². The Balaban J connectivity index is 1.76. The summed E-state index contributed by atoms with van der Waals surface area (Å²) in [6.45, 7) is 0. The number of halogens is 1. The summed E-state index contributed by atoms with van der Waals surface area (Å²) in [5, 5.41) is 0. The van der Waals surface area contributed by atoms with Crippen LogP contribution in [-0.4, -0.2) is 14.7 Å². The lowest BCUT2D eigenvalue weighted by Crippen LogP contribution is -2.26. The maximum atomic E-state index is 13.4. The van der Waals surface area contributed by atoms with Gasteiger partial charge in [0.05, 0.1) is 5.75 Å². The average Bonchev–Trinajstić information content (AvgIpc) is 2.96. The Hall–Kier alpha value is -1.94. The van der Waals surface area contributed by atoms with E-state index in [-0.39, 0.29) is 11.6 Å². The zero-order valence-corrected chi connectivity index (χ0v) is 15.8. The first-order valence-electron chi connectivity index (χ1n) is 9.09. The van der Waals surface area contributed by atoms with E-state index in [4.69, 9.17) is 0 Å². The Morgan fingerprint density at radius 1 is 0.962 bits per heavy atom. The van der Waals surface area contributed by atoms with Gasteiger partial charge in [0.25, 0.3) is 0 Å². The van der Waals surface area contributed by atoms with Crippen LogP contribution in [0.1, 0.15) is 48.8 Å².